The highest BCUT2D eigenvalue weighted by Crippen LogP contribution is 2.17. The summed E-state index contributed by atoms with van der Waals surface area (Å²) in [6.45, 7) is 5.59. The van der Waals surface area contributed by atoms with Gasteiger partial charge in [0.15, 0.2) is 0 Å². The molecule has 5 heteroatoms. The molecule has 0 amide bonds. The lowest BCUT2D eigenvalue weighted by molar-refractivity contribution is 0.0278. The topological polar surface area (TPSA) is 41.5 Å². The first kappa shape index (κ1) is 19.1. The van der Waals surface area contributed by atoms with Crippen LogP contribution >= 0.6 is 23.7 Å². The summed E-state index contributed by atoms with van der Waals surface area (Å²) in [4.78, 5) is 1.28. The van der Waals surface area contributed by atoms with Gasteiger partial charge in [-0.3, -0.25) is 0 Å². The molecule has 2 rings (SSSR count). The minimum atomic E-state index is -0.488. The van der Waals surface area contributed by atoms with Gasteiger partial charge in [0.05, 0.1) is 19.3 Å². The van der Waals surface area contributed by atoms with Crippen molar-refractivity contribution in [1.29, 1.82) is 0 Å². The maximum atomic E-state index is 9.93. The molecule has 2 unspecified atom stereocenters. The van der Waals surface area contributed by atoms with E-state index in [0.29, 0.717) is 19.8 Å². The Hall–Kier alpha value is -0.910. The minimum Gasteiger partial charge on any atom is -0.389 e. The first-order valence-corrected chi connectivity index (χ1v) is 8.11. The van der Waals surface area contributed by atoms with Crippen molar-refractivity contribution in [2.24, 2.45) is 0 Å². The normalized spacial score (nSPS) is 13.4. The molecule has 1 aromatic carbocycles. The fourth-order valence-corrected chi connectivity index (χ4v) is 2.77. The molecule has 0 spiro atoms. The summed E-state index contributed by atoms with van der Waals surface area (Å²) in [5.41, 5.74) is 2.37. The van der Waals surface area contributed by atoms with E-state index in [1.165, 1.54) is 10.4 Å². The largest absolute Gasteiger partial charge is 0.389 e. The molecule has 0 radical (unpaired) electrons. The highest BCUT2D eigenvalue weighted by Gasteiger charge is 2.09. The van der Waals surface area contributed by atoms with Gasteiger partial charge in [-0.1, -0.05) is 35.9 Å². The van der Waals surface area contributed by atoms with Crippen molar-refractivity contribution in [3.8, 4) is 0 Å². The van der Waals surface area contributed by atoms with E-state index >= 15 is 0 Å². The molecule has 0 bridgehead atoms. The van der Waals surface area contributed by atoms with Crippen LogP contribution in [0.3, 0.4) is 0 Å². The van der Waals surface area contributed by atoms with Crippen molar-refractivity contribution in [2.75, 3.05) is 13.2 Å². The van der Waals surface area contributed by atoms with E-state index in [2.05, 4.69) is 54.9 Å². The predicted octanol–water partition coefficient (Wildman–Crippen LogP) is 3.71. The summed E-state index contributed by atoms with van der Waals surface area (Å²) in [6.07, 6.45) is -0.488. The zero-order valence-corrected chi connectivity index (χ0v) is 14.6. The summed E-state index contributed by atoms with van der Waals surface area (Å²) < 4.78 is 5.56. The second kappa shape index (κ2) is 9.98. The zero-order valence-electron chi connectivity index (χ0n) is 13.0. The number of hydrogen-bond acceptors (Lipinski definition) is 4. The highest BCUT2D eigenvalue weighted by molar-refractivity contribution is 7.10. The Morgan fingerprint density at radius 2 is 1.95 bits per heavy atom. The number of hydrogen-bond donors (Lipinski definition) is 2. The standard InChI is InChI=1S/C17H23NO2S.ClH/c1-13-5-7-15(8-6-13)11-20-12-16(19)10-18-14(2)17-4-3-9-21-17;/h3-9,14,16,18-19H,10-12H2,1-2H3;1H. The second-order valence-electron chi connectivity index (χ2n) is 5.30. The molecule has 0 aliphatic heterocycles. The first-order valence-electron chi connectivity index (χ1n) is 7.23. The lowest BCUT2D eigenvalue weighted by Crippen LogP contribution is -2.31. The van der Waals surface area contributed by atoms with Crippen LogP contribution in [0, 0.1) is 6.92 Å². The average molecular weight is 342 g/mol. The molecule has 1 heterocycles. The second-order valence-corrected chi connectivity index (χ2v) is 6.28. The number of benzene rings is 1. The van der Waals surface area contributed by atoms with Crippen LogP contribution in [0.4, 0.5) is 0 Å². The van der Waals surface area contributed by atoms with Crippen molar-refractivity contribution in [2.45, 2.75) is 32.6 Å². The molecule has 2 N–H and O–H groups in total. The number of ether oxygens (including phenoxy) is 1. The van der Waals surface area contributed by atoms with Gasteiger partial charge in [0.25, 0.3) is 0 Å². The molecule has 1 aromatic heterocycles. The van der Waals surface area contributed by atoms with Gasteiger partial charge in [0.2, 0.25) is 0 Å². The van der Waals surface area contributed by atoms with Gasteiger partial charge in [-0.15, -0.1) is 23.7 Å². The zero-order chi connectivity index (χ0) is 15.1. The summed E-state index contributed by atoms with van der Waals surface area (Å²) in [7, 11) is 0. The highest BCUT2D eigenvalue weighted by atomic mass is 35.5. The number of rotatable bonds is 8. The van der Waals surface area contributed by atoms with Crippen molar-refractivity contribution in [1.82, 2.24) is 5.32 Å². The average Bonchev–Trinajstić information content (AvgIpc) is 3.01. The van der Waals surface area contributed by atoms with E-state index in [0.717, 1.165) is 5.56 Å². The number of aliphatic hydroxyl groups is 1. The smallest absolute Gasteiger partial charge is 0.0898 e. The Morgan fingerprint density at radius 3 is 2.59 bits per heavy atom. The number of aliphatic hydroxyl groups excluding tert-OH is 1. The third-order valence-electron chi connectivity index (χ3n) is 3.33. The third kappa shape index (κ3) is 6.46. The third-order valence-corrected chi connectivity index (χ3v) is 4.38. The van der Waals surface area contributed by atoms with Crippen LogP contribution in [-0.4, -0.2) is 24.4 Å². The number of thiophene rings is 1. The van der Waals surface area contributed by atoms with E-state index in [9.17, 15) is 5.11 Å². The van der Waals surface area contributed by atoms with E-state index in [1.807, 2.05) is 6.07 Å². The summed E-state index contributed by atoms with van der Waals surface area (Å²) in [5.74, 6) is 0. The molecule has 2 aromatic rings. The molecule has 0 fully saturated rings. The monoisotopic (exact) mass is 341 g/mol. The quantitative estimate of drug-likeness (QED) is 0.769. The minimum absolute atomic E-state index is 0. The molecule has 2 atom stereocenters. The van der Waals surface area contributed by atoms with Gasteiger partial charge in [0, 0.05) is 17.5 Å². The van der Waals surface area contributed by atoms with Gasteiger partial charge in [-0.2, -0.15) is 0 Å². The van der Waals surface area contributed by atoms with Gasteiger partial charge in [-0.25, -0.2) is 0 Å². The van der Waals surface area contributed by atoms with Crippen LogP contribution < -0.4 is 5.32 Å². The lowest BCUT2D eigenvalue weighted by atomic mass is 10.2. The number of nitrogens with one attached hydrogen (secondary N) is 1. The molecule has 0 saturated carbocycles. The van der Waals surface area contributed by atoms with E-state index < -0.39 is 6.10 Å². The maximum Gasteiger partial charge on any atom is 0.0898 e. The molecule has 0 aliphatic rings. The van der Waals surface area contributed by atoms with Crippen LogP contribution in [0.15, 0.2) is 41.8 Å². The van der Waals surface area contributed by atoms with Crippen LogP contribution in [0.5, 0.6) is 0 Å². The Kier molecular flexibility index (Phi) is 8.68. The van der Waals surface area contributed by atoms with Crippen molar-refractivity contribution < 1.29 is 9.84 Å². The van der Waals surface area contributed by atoms with Crippen LogP contribution in [0.2, 0.25) is 0 Å². The van der Waals surface area contributed by atoms with Crippen molar-refractivity contribution in [3.05, 3.63) is 57.8 Å². The molecule has 0 saturated heterocycles. The fraction of sp³-hybridized carbons (Fsp3) is 0.412. The van der Waals surface area contributed by atoms with Gasteiger partial charge < -0.3 is 15.2 Å². The molecule has 22 heavy (non-hydrogen) atoms. The molecular weight excluding hydrogens is 318 g/mol. The Bertz CT molecular complexity index is 516. The molecule has 0 aliphatic carbocycles. The SMILES string of the molecule is Cc1ccc(COCC(O)CNC(C)c2cccs2)cc1.Cl. The maximum absolute atomic E-state index is 9.93. The molecule has 122 valence electrons. The summed E-state index contributed by atoms with van der Waals surface area (Å²) in [6, 6.07) is 12.6. The molecular formula is C17H24ClNO2S. The van der Waals surface area contributed by atoms with E-state index in [-0.39, 0.29) is 18.4 Å². The number of halogens is 1. The first-order chi connectivity index (χ1) is 10.1. The fourth-order valence-electron chi connectivity index (χ4n) is 2.01. The predicted molar refractivity (Wildman–Crippen MR) is 94.8 cm³/mol. The Balaban J connectivity index is 0.00000242. The van der Waals surface area contributed by atoms with E-state index in [4.69, 9.17) is 4.74 Å². The Labute approximate surface area is 142 Å². The molecule has 3 nitrogen and oxygen atoms in total. The summed E-state index contributed by atoms with van der Waals surface area (Å²) in [5, 5.41) is 15.3. The van der Waals surface area contributed by atoms with Crippen molar-refractivity contribution in [3.63, 3.8) is 0 Å². The van der Waals surface area contributed by atoms with Crippen LogP contribution in [0.1, 0.15) is 29.0 Å². The Morgan fingerprint density at radius 1 is 1.23 bits per heavy atom. The van der Waals surface area contributed by atoms with E-state index in [1.54, 1.807) is 11.3 Å². The van der Waals surface area contributed by atoms with Gasteiger partial charge >= 0.3 is 0 Å². The lowest BCUT2D eigenvalue weighted by Gasteiger charge is -2.16. The van der Waals surface area contributed by atoms with Gasteiger partial charge in [-0.05, 0) is 30.9 Å². The van der Waals surface area contributed by atoms with Crippen LogP contribution in [0.25, 0.3) is 0 Å². The number of aryl methyl sites for hydroxylation is 1. The summed E-state index contributed by atoms with van der Waals surface area (Å²) >= 11 is 1.72. The van der Waals surface area contributed by atoms with Gasteiger partial charge in [0.1, 0.15) is 0 Å². The van der Waals surface area contributed by atoms with Crippen molar-refractivity contribution >= 4 is 23.7 Å². The van der Waals surface area contributed by atoms with Crippen LogP contribution in [-0.2, 0) is 11.3 Å².